The maximum atomic E-state index is 12.4. The number of nitrogens with one attached hydrogen (secondary N) is 1. The Morgan fingerprint density at radius 3 is 2.24 bits per heavy atom. The van der Waals surface area contributed by atoms with Crippen LogP contribution in [-0.4, -0.2) is 24.2 Å². The second-order valence-corrected chi connectivity index (χ2v) is 7.24. The number of aliphatic hydroxyl groups excluding tert-OH is 1. The summed E-state index contributed by atoms with van der Waals surface area (Å²) in [6, 6.07) is 10.1. The van der Waals surface area contributed by atoms with E-state index >= 15 is 0 Å². The molecule has 2 N–H and O–H groups in total. The lowest BCUT2D eigenvalue weighted by Gasteiger charge is -2.17. The zero-order valence-corrected chi connectivity index (χ0v) is 13.5. The summed E-state index contributed by atoms with van der Waals surface area (Å²) < 4.78 is 0. The van der Waals surface area contributed by atoms with Gasteiger partial charge < -0.3 is 10.4 Å². The predicted molar refractivity (Wildman–Crippen MR) is 84.9 cm³/mol. The van der Waals surface area contributed by atoms with Gasteiger partial charge in [-0.15, -0.1) is 0 Å². The molecule has 1 saturated carbocycles. The lowest BCUT2D eigenvalue weighted by atomic mass is 9.96. The van der Waals surface area contributed by atoms with Gasteiger partial charge in [0.2, 0.25) is 5.91 Å². The molecule has 2 rings (SSSR count). The molecule has 1 atom stereocenters. The molecule has 0 spiro atoms. The topological polar surface area (TPSA) is 49.3 Å². The molecule has 0 saturated heterocycles. The highest BCUT2D eigenvalue weighted by Gasteiger charge is 2.68. The number of carbonyl (C=O) groups excluding carboxylic acids is 1. The fourth-order valence-corrected chi connectivity index (χ4v) is 3.45. The SMILES string of the molecule is CC1(C)C(C(=O)NCC(CCO)c2ccccc2)C1(C)C. The van der Waals surface area contributed by atoms with Gasteiger partial charge in [0, 0.05) is 25.0 Å². The first kappa shape index (κ1) is 16.0. The molecule has 3 heteroatoms. The molecule has 0 bridgehead atoms. The van der Waals surface area contributed by atoms with Crippen molar-refractivity contribution in [1.82, 2.24) is 5.32 Å². The molecular formula is C18H27NO2. The third-order valence-electron chi connectivity index (χ3n) is 5.55. The minimum Gasteiger partial charge on any atom is -0.396 e. The fraction of sp³-hybridized carbons (Fsp3) is 0.611. The van der Waals surface area contributed by atoms with E-state index in [0.717, 1.165) is 0 Å². The van der Waals surface area contributed by atoms with Crippen LogP contribution >= 0.6 is 0 Å². The number of amides is 1. The molecule has 1 aliphatic rings. The van der Waals surface area contributed by atoms with E-state index in [2.05, 4.69) is 45.1 Å². The van der Waals surface area contributed by atoms with Crippen LogP contribution in [0.1, 0.15) is 45.6 Å². The van der Waals surface area contributed by atoms with Crippen molar-refractivity contribution >= 4 is 5.91 Å². The van der Waals surface area contributed by atoms with Gasteiger partial charge in [0.05, 0.1) is 0 Å². The number of hydrogen-bond acceptors (Lipinski definition) is 2. The highest BCUT2D eigenvalue weighted by Crippen LogP contribution is 2.68. The van der Waals surface area contributed by atoms with Gasteiger partial charge in [0.1, 0.15) is 0 Å². The molecule has 0 heterocycles. The molecule has 0 aromatic heterocycles. The lowest BCUT2D eigenvalue weighted by Crippen LogP contribution is -2.31. The average molecular weight is 289 g/mol. The van der Waals surface area contributed by atoms with E-state index < -0.39 is 0 Å². The zero-order valence-electron chi connectivity index (χ0n) is 13.5. The standard InChI is InChI=1S/C18H27NO2/c1-17(2)15(18(17,3)4)16(21)19-12-14(10-11-20)13-8-6-5-7-9-13/h5-9,14-15,20H,10-12H2,1-4H3,(H,19,21). The van der Waals surface area contributed by atoms with E-state index in [9.17, 15) is 9.90 Å². The van der Waals surface area contributed by atoms with Crippen LogP contribution in [0.2, 0.25) is 0 Å². The van der Waals surface area contributed by atoms with Crippen molar-refractivity contribution in [3.05, 3.63) is 35.9 Å². The smallest absolute Gasteiger partial charge is 0.224 e. The molecule has 3 nitrogen and oxygen atoms in total. The largest absolute Gasteiger partial charge is 0.396 e. The van der Waals surface area contributed by atoms with Crippen molar-refractivity contribution in [3.8, 4) is 0 Å². The van der Waals surface area contributed by atoms with Crippen molar-refractivity contribution in [2.45, 2.75) is 40.0 Å². The van der Waals surface area contributed by atoms with Crippen molar-refractivity contribution < 1.29 is 9.90 Å². The number of carbonyl (C=O) groups is 1. The highest BCUT2D eigenvalue weighted by molar-refractivity contribution is 5.84. The van der Waals surface area contributed by atoms with Gasteiger partial charge in [0.25, 0.3) is 0 Å². The Bertz CT molecular complexity index is 479. The van der Waals surface area contributed by atoms with Crippen LogP contribution in [0, 0.1) is 16.7 Å². The first-order chi connectivity index (χ1) is 9.82. The van der Waals surface area contributed by atoms with Crippen molar-refractivity contribution in [2.75, 3.05) is 13.2 Å². The molecule has 1 unspecified atom stereocenters. The fourth-order valence-electron chi connectivity index (χ4n) is 3.45. The maximum Gasteiger partial charge on any atom is 0.224 e. The Morgan fingerprint density at radius 1 is 1.19 bits per heavy atom. The van der Waals surface area contributed by atoms with Crippen LogP contribution in [0.15, 0.2) is 30.3 Å². The molecule has 116 valence electrons. The normalized spacial score (nSPS) is 20.8. The van der Waals surface area contributed by atoms with Crippen LogP contribution in [0.5, 0.6) is 0 Å². The summed E-state index contributed by atoms with van der Waals surface area (Å²) in [7, 11) is 0. The van der Waals surface area contributed by atoms with E-state index in [-0.39, 0.29) is 35.2 Å². The van der Waals surface area contributed by atoms with Crippen LogP contribution in [0.3, 0.4) is 0 Å². The van der Waals surface area contributed by atoms with Crippen LogP contribution in [-0.2, 0) is 4.79 Å². The van der Waals surface area contributed by atoms with Crippen LogP contribution < -0.4 is 5.32 Å². The minimum atomic E-state index is 0.0658. The molecular weight excluding hydrogens is 262 g/mol. The minimum absolute atomic E-state index is 0.0658. The number of rotatable bonds is 6. The van der Waals surface area contributed by atoms with Gasteiger partial charge in [-0.25, -0.2) is 0 Å². The summed E-state index contributed by atoms with van der Waals surface area (Å²) in [4.78, 5) is 12.4. The highest BCUT2D eigenvalue weighted by atomic mass is 16.3. The Balaban J connectivity index is 1.96. The van der Waals surface area contributed by atoms with Crippen LogP contribution in [0.4, 0.5) is 0 Å². The Morgan fingerprint density at radius 2 is 1.76 bits per heavy atom. The first-order valence-electron chi connectivity index (χ1n) is 7.76. The average Bonchev–Trinajstić information content (AvgIpc) is 2.85. The third-order valence-corrected chi connectivity index (χ3v) is 5.55. The van der Waals surface area contributed by atoms with Gasteiger partial charge in [-0.2, -0.15) is 0 Å². The molecule has 1 aromatic carbocycles. The summed E-state index contributed by atoms with van der Waals surface area (Å²) in [5.41, 5.74) is 1.30. The van der Waals surface area contributed by atoms with Crippen LogP contribution in [0.25, 0.3) is 0 Å². The molecule has 0 radical (unpaired) electrons. The summed E-state index contributed by atoms with van der Waals surface area (Å²) in [5.74, 6) is 0.393. The maximum absolute atomic E-state index is 12.4. The summed E-state index contributed by atoms with van der Waals surface area (Å²) in [6.07, 6.45) is 0.668. The van der Waals surface area contributed by atoms with Gasteiger partial charge in [-0.1, -0.05) is 58.0 Å². The molecule has 21 heavy (non-hydrogen) atoms. The van der Waals surface area contributed by atoms with E-state index in [4.69, 9.17) is 0 Å². The summed E-state index contributed by atoms with van der Waals surface area (Å²) in [5, 5.41) is 12.3. The van der Waals surface area contributed by atoms with E-state index in [1.165, 1.54) is 5.56 Å². The quantitative estimate of drug-likeness (QED) is 0.846. The molecule has 0 aliphatic heterocycles. The number of aliphatic hydroxyl groups is 1. The second-order valence-electron chi connectivity index (χ2n) is 7.24. The van der Waals surface area contributed by atoms with Gasteiger partial charge in [-0.3, -0.25) is 4.79 Å². The molecule has 1 aliphatic carbocycles. The lowest BCUT2D eigenvalue weighted by molar-refractivity contribution is -0.123. The Labute approximate surface area is 127 Å². The predicted octanol–water partition coefficient (Wildman–Crippen LogP) is 2.95. The van der Waals surface area contributed by atoms with E-state index in [1.54, 1.807) is 0 Å². The Hall–Kier alpha value is -1.35. The van der Waals surface area contributed by atoms with Crippen molar-refractivity contribution in [1.29, 1.82) is 0 Å². The number of hydrogen-bond donors (Lipinski definition) is 2. The summed E-state index contributed by atoms with van der Waals surface area (Å²) in [6.45, 7) is 9.33. The first-order valence-corrected chi connectivity index (χ1v) is 7.76. The monoisotopic (exact) mass is 289 g/mol. The second kappa shape index (κ2) is 5.80. The van der Waals surface area contributed by atoms with Gasteiger partial charge in [-0.05, 0) is 22.8 Å². The number of benzene rings is 1. The third kappa shape index (κ3) is 2.98. The van der Waals surface area contributed by atoms with Gasteiger partial charge in [0.15, 0.2) is 0 Å². The van der Waals surface area contributed by atoms with E-state index in [0.29, 0.717) is 13.0 Å². The Kier molecular flexibility index (Phi) is 4.43. The summed E-state index contributed by atoms with van der Waals surface area (Å²) >= 11 is 0. The zero-order chi connectivity index (χ0) is 15.7. The van der Waals surface area contributed by atoms with Crippen molar-refractivity contribution in [3.63, 3.8) is 0 Å². The molecule has 1 fully saturated rings. The molecule has 1 amide bonds. The van der Waals surface area contributed by atoms with Crippen molar-refractivity contribution in [2.24, 2.45) is 16.7 Å². The molecule has 1 aromatic rings. The van der Waals surface area contributed by atoms with E-state index in [1.807, 2.05) is 18.2 Å². The van der Waals surface area contributed by atoms with Gasteiger partial charge >= 0.3 is 0 Å².